The Labute approximate surface area is 146 Å². The number of aryl methyl sites for hydroxylation is 1. The SMILES string of the molecule is Cc1ccc([C@H]2[C@H](C(=O)N(C)Cc3cccs3)CC(=O)N2C)cc1. The zero-order valence-electron chi connectivity index (χ0n) is 14.2. The van der Waals surface area contributed by atoms with Crippen molar-refractivity contribution in [2.24, 2.45) is 5.92 Å². The smallest absolute Gasteiger partial charge is 0.228 e. The largest absolute Gasteiger partial charge is 0.340 e. The Kier molecular flexibility index (Phi) is 4.71. The summed E-state index contributed by atoms with van der Waals surface area (Å²) >= 11 is 1.64. The minimum Gasteiger partial charge on any atom is -0.340 e. The molecule has 1 fully saturated rings. The van der Waals surface area contributed by atoms with Crippen LogP contribution in [-0.2, 0) is 16.1 Å². The highest BCUT2D eigenvalue weighted by Gasteiger charge is 2.43. The van der Waals surface area contributed by atoms with E-state index in [9.17, 15) is 9.59 Å². The molecule has 0 saturated carbocycles. The van der Waals surface area contributed by atoms with Gasteiger partial charge in [0.2, 0.25) is 11.8 Å². The van der Waals surface area contributed by atoms with Crippen molar-refractivity contribution in [3.8, 4) is 0 Å². The molecule has 2 aromatic rings. The number of likely N-dealkylation sites (tertiary alicyclic amines) is 1. The van der Waals surface area contributed by atoms with Gasteiger partial charge in [-0.25, -0.2) is 0 Å². The molecule has 0 radical (unpaired) electrons. The van der Waals surface area contributed by atoms with E-state index in [1.807, 2.05) is 55.7 Å². The Bertz CT molecular complexity index is 724. The van der Waals surface area contributed by atoms with E-state index in [0.29, 0.717) is 6.54 Å². The minimum absolute atomic E-state index is 0.0310. The van der Waals surface area contributed by atoms with Crippen molar-refractivity contribution in [1.29, 1.82) is 0 Å². The van der Waals surface area contributed by atoms with Crippen molar-refractivity contribution < 1.29 is 9.59 Å². The molecule has 0 bridgehead atoms. The highest BCUT2D eigenvalue weighted by atomic mass is 32.1. The fourth-order valence-electron chi connectivity index (χ4n) is 3.31. The maximum atomic E-state index is 13.0. The molecule has 4 nitrogen and oxygen atoms in total. The van der Waals surface area contributed by atoms with Gasteiger partial charge in [0.25, 0.3) is 0 Å². The van der Waals surface area contributed by atoms with Crippen molar-refractivity contribution >= 4 is 23.2 Å². The summed E-state index contributed by atoms with van der Waals surface area (Å²) in [4.78, 5) is 29.8. The lowest BCUT2D eigenvalue weighted by Gasteiger charge is -2.28. The van der Waals surface area contributed by atoms with Crippen molar-refractivity contribution in [1.82, 2.24) is 9.80 Å². The molecule has 0 N–H and O–H groups in total. The molecule has 2 amide bonds. The van der Waals surface area contributed by atoms with Gasteiger partial charge < -0.3 is 9.80 Å². The van der Waals surface area contributed by atoms with Gasteiger partial charge in [0.1, 0.15) is 0 Å². The molecule has 24 heavy (non-hydrogen) atoms. The molecule has 0 unspecified atom stereocenters. The number of carbonyl (C=O) groups is 2. The van der Waals surface area contributed by atoms with Crippen LogP contribution in [0.15, 0.2) is 41.8 Å². The van der Waals surface area contributed by atoms with Gasteiger partial charge in [0.05, 0.1) is 18.5 Å². The number of thiophene rings is 1. The maximum Gasteiger partial charge on any atom is 0.228 e. The maximum absolute atomic E-state index is 13.0. The summed E-state index contributed by atoms with van der Waals surface area (Å²) < 4.78 is 0. The third-order valence-electron chi connectivity index (χ3n) is 4.67. The molecule has 1 saturated heterocycles. The van der Waals surface area contributed by atoms with Crippen molar-refractivity contribution in [2.75, 3.05) is 14.1 Å². The van der Waals surface area contributed by atoms with E-state index in [0.717, 1.165) is 10.4 Å². The van der Waals surface area contributed by atoms with Gasteiger partial charge in [-0.1, -0.05) is 35.9 Å². The van der Waals surface area contributed by atoms with Crippen LogP contribution in [0.25, 0.3) is 0 Å². The molecule has 3 rings (SSSR count). The number of benzene rings is 1. The first-order valence-electron chi connectivity index (χ1n) is 8.07. The monoisotopic (exact) mass is 342 g/mol. The predicted octanol–water partition coefficient (Wildman–Crippen LogP) is 3.23. The molecule has 2 atom stereocenters. The molecule has 126 valence electrons. The third kappa shape index (κ3) is 3.22. The Balaban J connectivity index is 1.82. The Morgan fingerprint density at radius 2 is 2.00 bits per heavy atom. The van der Waals surface area contributed by atoms with E-state index in [1.54, 1.807) is 28.2 Å². The summed E-state index contributed by atoms with van der Waals surface area (Å²) in [5.41, 5.74) is 2.19. The van der Waals surface area contributed by atoms with Crippen LogP contribution in [0.4, 0.5) is 0 Å². The van der Waals surface area contributed by atoms with Gasteiger partial charge in [-0.05, 0) is 23.9 Å². The molecule has 1 aromatic carbocycles. The van der Waals surface area contributed by atoms with E-state index in [4.69, 9.17) is 0 Å². The molecule has 1 aliphatic heterocycles. The van der Waals surface area contributed by atoms with Crippen molar-refractivity contribution in [2.45, 2.75) is 25.9 Å². The Morgan fingerprint density at radius 1 is 1.29 bits per heavy atom. The molecular weight excluding hydrogens is 320 g/mol. The number of nitrogens with zero attached hydrogens (tertiary/aromatic N) is 2. The Morgan fingerprint density at radius 3 is 2.62 bits per heavy atom. The van der Waals surface area contributed by atoms with Crippen LogP contribution >= 0.6 is 11.3 Å². The molecule has 0 spiro atoms. The summed E-state index contributed by atoms with van der Waals surface area (Å²) in [5, 5.41) is 2.01. The van der Waals surface area contributed by atoms with E-state index in [-0.39, 0.29) is 30.2 Å². The van der Waals surface area contributed by atoms with E-state index in [1.165, 1.54) is 5.56 Å². The topological polar surface area (TPSA) is 40.6 Å². The van der Waals surface area contributed by atoms with Crippen LogP contribution in [-0.4, -0.2) is 35.7 Å². The minimum atomic E-state index is -0.324. The second-order valence-electron chi connectivity index (χ2n) is 6.44. The molecular formula is C19H22N2O2S. The first-order chi connectivity index (χ1) is 11.5. The second-order valence-corrected chi connectivity index (χ2v) is 7.48. The fourth-order valence-corrected chi connectivity index (χ4v) is 4.07. The van der Waals surface area contributed by atoms with Crippen LogP contribution in [0.2, 0.25) is 0 Å². The lowest BCUT2D eigenvalue weighted by atomic mass is 9.92. The Hall–Kier alpha value is -2.14. The average Bonchev–Trinajstić information content (AvgIpc) is 3.17. The summed E-state index contributed by atoms with van der Waals surface area (Å²) in [6, 6.07) is 11.9. The molecule has 1 aliphatic rings. The van der Waals surface area contributed by atoms with Crippen LogP contribution in [0.1, 0.15) is 28.5 Å². The standard InChI is InChI=1S/C19H22N2O2S/c1-13-6-8-14(9-7-13)18-16(11-17(22)21(18)3)19(23)20(2)12-15-5-4-10-24-15/h4-10,16,18H,11-12H2,1-3H3/t16-,18+/m1/s1. The van der Waals surface area contributed by atoms with E-state index < -0.39 is 0 Å². The van der Waals surface area contributed by atoms with Crippen LogP contribution in [0, 0.1) is 12.8 Å². The molecule has 2 heterocycles. The van der Waals surface area contributed by atoms with Gasteiger partial charge in [-0.2, -0.15) is 0 Å². The van der Waals surface area contributed by atoms with Crippen molar-refractivity contribution in [3.05, 3.63) is 57.8 Å². The zero-order chi connectivity index (χ0) is 17.3. The van der Waals surface area contributed by atoms with Gasteiger partial charge in [-0.15, -0.1) is 11.3 Å². The summed E-state index contributed by atoms with van der Waals surface area (Å²) in [6.45, 7) is 2.62. The van der Waals surface area contributed by atoms with Crippen LogP contribution in [0.5, 0.6) is 0 Å². The second kappa shape index (κ2) is 6.77. The number of hydrogen-bond donors (Lipinski definition) is 0. The summed E-state index contributed by atoms with van der Waals surface area (Å²) in [7, 11) is 3.61. The fraction of sp³-hybridized carbons (Fsp3) is 0.368. The lowest BCUT2D eigenvalue weighted by Crippen LogP contribution is -2.35. The van der Waals surface area contributed by atoms with Crippen LogP contribution < -0.4 is 0 Å². The van der Waals surface area contributed by atoms with E-state index >= 15 is 0 Å². The molecule has 5 heteroatoms. The van der Waals surface area contributed by atoms with Crippen molar-refractivity contribution in [3.63, 3.8) is 0 Å². The molecule has 1 aromatic heterocycles. The predicted molar refractivity (Wildman–Crippen MR) is 95.6 cm³/mol. The number of hydrogen-bond acceptors (Lipinski definition) is 3. The number of amides is 2. The summed E-state index contributed by atoms with van der Waals surface area (Å²) in [6.07, 6.45) is 0.280. The van der Waals surface area contributed by atoms with Gasteiger partial charge in [0.15, 0.2) is 0 Å². The molecule has 0 aliphatic carbocycles. The van der Waals surface area contributed by atoms with Gasteiger partial charge in [0, 0.05) is 25.4 Å². The van der Waals surface area contributed by atoms with E-state index in [2.05, 4.69) is 0 Å². The summed E-state index contributed by atoms with van der Waals surface area (Å²) in [5.74, 6) is -0.259. The highest BCUT2D eigenvalue weighted by molar-refractivity contribution is 7.09. The van der Waals surface area contributed by atoms with Crippen LogP contribution in [0.3, 0.4) is 0 Å². The normalized spacial score (nSPS) is 20.5. The first kappa shape index (κ1) is 16.7. The third-order valence-corrected chi connectivity index (χ3v) is 5.53. The number of rotatable bonds is 4. The lowest BCUT2D eigenvalue weighted by molar-refractivity contribution is -0.135. The quantitative estimate of drug-likeness (QED) is 0.856. The highest BCUT2D eigenvalue weighted by Crippen LogP contribution is 2.38. The number of carbonyl (C=O) groups excluding carboxylic acids is 2. The average molecular weight is 342 g/mol. The first-order valence-corrected chi connectivity index (χ1v) is 8.95. The van der Waals surface area contributed by atoms with Gasteiger partial charge >= 0.3 is 0 Å². The van der Waals surface area contributed by atoms with Gasteiger partial charge in [-0.3, -0.25) is 9.59 Å². The zero-order valence-corrected chi connectivity index (χ0v) is 15.0.